The van der Waals surface area contributed by atoms with E-state index < -0.39 is 11.6 Å². The minimum absolute atomic E-state index is 0.0451. The van der Waals surface area contributed by atoms with Crippen LogP contribution in [0.2, 0.25) is 0 Å². The number of hydrogen-bond donors (Lipinski definition) is 2. The molecule has 1 rings (SSSR count). The van der Waals surface area contributed by atoms with Gasteiger partial charge in [0.05, 0.1) is 0 Å². The van der Waals surface area contributed by atoms with Crippen molar-refractivity contribution in [3.8, 4) is 0 Å². The summed E-state index contributed by atoms with van der Waals surface area (Å²) in [5, 5.41) is 5.41. The number of alkyl halides is 1. The lowest BCUT2D eigenvalue weighted by atomic mass is 9.84. The second-order valence-electron chi connectivity index (χ2n) is 3.63. The molecule has 1 aliphatic heterocycles. The molecule has 0 spiro atoms. The summed E-state index contributed by atoms with van der Waals surface area (Å²) in [7, 11) is 1.71. The van der Waals surface area contributed by atoms with Gasteiger partial charge in [-0.15, -0.1) is 0 Å². The van der Waals surface area contributed by atoms with Crippen molar-refractivity contribution in [1.82, 2.24) is 10.6 Å². The molecule has 0 aromatic carbocycles. The van der Waals surface area contributed by atoms with E-state index in [0.29, 0.717) is 19.5 Å². The molecule has 1 heterocycles. The molecule has 3 nitrogen and oxygen atoms in total. The fraction of sp³-hybridized carbons (Fsp3) is 0.875. The number of nitrogens with one attached hydrogen (secondary N) is 2. The van der Waals surface area contributed by atoms with E-state index in [0.717, 1.165) is 0 Å². The molecule has 0 saturated carbocycles. The van der Waals surface area contributed by atoms with Crippen molar-refractivity contribution in [2.75, 3.05) is 20.1 Å². The minimum Gasteiger partial charge on any atom is -0.355 e. The van der Waals surface area contributed by atoms with Crippen molar-refractivity contribution >= 4 is 5.91 Å². The Hall–Kier alpha value is -0.640. The number of amides is 1. The Morgan fingerprint density at radius 2 is 2.50 bits per heavy atom. The van der Waals surface area contributed by atoms with E-state index in [9.17, 15) is 9.18 Å². The van der Waals surface area contributed by atoms with E-state index in [1.807, 2.05) is 0 Å². The first kappa shape index (κ1) is 9.45. The highest BCUT2D eigenvalue weighted by atomic mass is 19.1. The second-order valence-corrected chi connectivity index (χ2v) is 3.63. The van der Waals surface area contributed by atoms with Crippen molar-refractivity contribution < 1.29 is 9.18 Å². The highest BCUT2D eigenvalue weighted by molar-refractivity contribution is 5.79. The van der Waals surface area contributed by atoms with Gasteiger partial charge >= 0.3 is 0 Å². The summed E-state index contributed by atoms with van der Waals surface area (Å²) in [6, 6.07) is 0. The van der Waals surface area contributed by atoms with Gasteiger partial charge in [-0.3, -0.25) is 4.79 Å². The molecule has 2 N–H and O–H groups in total. The van der Waals surface area contributed by atoms with E-state index in [4.69, 9.17) is 0 Å². The zero-order chi connectivity index (χ0) is 9.19. The van der Waals surface area contributed by atoms with Gasteiger partial charge < -0.3 is 10.6 Å². The van der Waals surface area contributed by atoms with Gasteiger partial charge in [-0.2, -0.15) is 0 Å². The van der Waals surface area contributed by atoms with Crippen molar-refractivity contribution in [3.63, 3.8) is 0 Å². The predicted octanol–water partition coefficient (Wildman–Crippen LogP) is 0.0701. The third-order valence-electron chi connectivity index (χ3n) is 2.39. The minimum atomic E-state index is -0.957. The predicted molar refractivity (Wildman–Crippen MR) is 44.6 cm³/mol. The Balaban J connectivity index is 2.53. The summed E-state index contributed by atoms with van der Waals surface area (Å²) in [6.45, 7) is 2.56. The molecule has 0 bridgehead atoms. The maximum Gasteiger partial charge on any atom is 0.220 e. The Morgan fingerprint density at radius 1 is 1.83 bits per heavy atom. The lowest BCUT2D eigenvalue weighted by Gasteiger charge is -2.25. The molecular formula is C8H15FN2O. The number of hydrogen-bond acceptors (Lipinski definition) is 2. The van der Waals surface area contributed by atoms with Crippen LogP contribution in [0.3, 0.4) is 0 Å². The summed E-state index contributed by atoms with van der Waals surface area (Å²) in [5.74, 6) is -0.0451. The van der Waals surface area contributed by atoms with E-state index in [1.165, 1.54) is 0 Å². The number of halogens is 1. The van der Waals surface area contributed by atoms with E-state index in [1.54, 1.807) is 14.0 Å². The Kier molecular flexibility index (Phi) is 2.67. The highest BCUT2D eigenvalue weighted by Crippen LogP contribution is 2.31. The lowest BCUT2D eigenvalue weighted by Crippen LogP contribution is -2.37. The van der Waals surface area contributed by atoms with Gasteiger partial charge in [-0.05, 0) is 7.05 Å². The SMILES string of the molecule is CNCC(F)C1(C)CNC(=O)C1. The van der Waals surface area contributed by atoms with Gasteiger partial charge in [0.25, 0.3) is 0 Å². The monoisotopic (exact) mass is 174 g/mol. The van der Waals surface area contributed by atoms with Crippen LogP contribution < -0.4 is 10.6 Å². The third kappa shape index (κ3) is 1.75. The van der Waals surface area contributed by atoms with E-state index in [2.05, 4.69) is 10.6 Å². The van der Waals surface area contributed by atoms with Crippen LogP contribution in [0.4, 0.5) is 4.39 Å². The topological polar surface area (TPSA) is 41.1 Å². The maximum atomic E-state index is 13.4. The van der Waals surface area contributed by atoms with E-state index in [-0.39, 0.29) is 5.91 Å². The zero-order valence-corrected chi connectivity index (χ0v) is 7.48. The molecule has 0 aromatic rings. The first-order valence-corrected chi connectivity index (χ1v) is 4.14. The molecule has 0 aromatic heterocycles. The molecule has 2 atom stereocenters. The largest absolute Gasteiger partial charge is 0.355 e. The van der Waals surface area contributed by atoms with Crippen LogP contribution in [0.5, 0.6) is 0 Å². The Bertz CT molecular complexity index is 186. The summed E-state index contributed by atoms with van der Waals surface area (Å²) in [4.78, 5) is 10.9. The van der Waals surface area contributed by atoms with Crippen molar-refractivity contribution in [3.05, 3.63) is 0 Å². The van der Waals surface area contributed by atoms with Crippen molar-refractivity contribution in [2.45, 2.75) is 19.5 Å². The van der Waals surface area contributed by atoms with Crippen molar-refractivity contribution in [2.24, 2.45) is 5.41 Å². The molecule has 1 aliphatic rings. The third-order valence-corrected chi connectivity index (χ3v) is 2.39. The first-order chi connectivity index (χ1) is 5.58. The summed E-state index contributed by atoms with van der Waals surface area (Å²) in [5.41, 5.74) is -0.514. The molecule has 4 heteroatoms. The molecule has 1 amide bonds. The molecule has 0 radical (unpaired) electrons. The van der Waals surface area contributed by atoms with Gasteiger partial charge in [-0.25, -0.2) is 4.39 Å². The fourth-order valence-electron chi connectivity index (χ4n) is 1.44. The molecule has 12 heavy (non-hydrogen) atoms. The normalized spacial score (nSPS) is 31.8. The van der Waals surface area contributed by atoms with Gasteiger partial charge in [0.15, 0.2) is 0 Å². The summed E-state index contributed by atoms with van der Waals surface area (Å²) in [6.07, 6.45) is -0.656. The summed E-state index contributed by atoms with van der Waals surface area (Å²) < 4.78 is 13.4. The average Bonchev–Trinajstić information content (AvgIpc) is 2.33. The smallest absolute Gasteiger partial charge is 0.220 e. The van der Waals surface area contributed by atoms with Crippen LogP contribution in [0.15, 0.2) is 0 Å². The number of carbonyl (C=O) groups is 1. The Morgan fingerprint density at radius 3 is 2.92 bits per heavy atom. The van der Waals surface area contributed by atoms with Crippen LogP contribution in [0, 0.1) is 5.41 Å². The highest BCUT2D eigenvalue weighted by Gasteiger charge is 2.40. The molecule has 0 aliphatic carbocycles. The standard InChI is InChI=1S/C8H15FN2O/c1-8(6(9)4-10-2)3-7(12)11-5-8/h6,10H,3-5H2,1-2H3,(H,11,12). The van der Waals surface area contributed by atoms with Crippen LogP contribution in [0.25, 0.3) is 0 Å². The van der Waals surface area contributed by atoms with E-state index >= 15 is 0 Å². The zero-order valence-electron chi connectivity index (χ0n) is 7.48. The van der Waals surface area contributed by atoms with Crippen LogP contribution in [-0.4, -0.2) is 32.2 Å². The molecule has 2 unspecified atom stereocenters. The van der Waals surface area contributed by atoms with Crippen LogP contribution >= 0.6 is 0 Å². The molecule has 70 valence electrons. The van der Waals surface area contributed by atoms with Gasteiger partial charge in [0.1, 0.15) is 6.17 Å². The number of rotatable bonds is 3. The van der Waals surface area contributed by atoms with Crippen molar-refractivity contribution in [1.29, 1.82) is 0 Å². The average molecular weight is 174 g/mol. The fourth-order valence-corrected chi connectivity index (χ4v) is 1.44. The number of carbonyl (C=O) groups excluding carboxylic acids is 1. The molecule has 1 fully saturated rings. The van der Waals surface area contributed by atoms with Gasteiger partial charge in [0.2, 0.25) is 5.91 Å². The van der Waals surface area contributed by atoms with Gasteiger partial charge in [-0.1, -0.05) is 6.92 Å². The second kappa shape index (κ2) is 3.39. The van der Waals surface area contributed by atoms with Gasteiger partial charge in [0, 0.05) is 24.9 Å². The van der Waals surface area contributed by atoms with Crippen LogP contribution in [0.1, 0.15) is 13.3 Å². The Labute approximate surface area is 71.7 Å². The molecule has 1 saturated heterocycles. The lowest BCUT2D eigenvalue weighted by molar-refractivity contribution is -0.119. The quantitative estimate of drug-likeness (QED) is 0.635. The molecular weight excluding hydrogens is 159 g/mol. The maximum absolute atomic E-state index is 13.4. The first-order valence-electron chi connectivity index (χ1n) is 4.14. The summed E-state index contributed by atoms with van der Waals surface area (Å²) >= 11 is 0. The van der Waals surface area contributed by atoms with Crippen LogP contribution in [-0.2, 0) is 4.79 Å².